The molecule has 176 valence electrons. The second-order valence-electron chi connectivity index (χ2n) is 6.35. The zero-order chi connectivity index (χ0) is 25.4. The van der Waals surface area contributed by atoms with Crippen LogP contribution in [0, 0.1) is 45.6 Å². The number of rotatable bonds is 5. The van der Waals surface area contributed by atoms with Gasteiger partial charge in [-0.1, -0.05) is 0 Å². The molecule has 33 heavy (non-hydrogen) atoms. The first-order valence-electron chi connectivity index (χ1n) is 9.93. The van der Waals surface area contributed by atoms with Crippen molar-refractivity contribution in [2.45, 2.75) is 54.0 Å². The van der Waals surface area contributed by atoms with Gasteiger partial charge in [0, 0.05) is 22.8 Å². The van der Waals surface area contributed by atoms with E-state index in [1.54, 1.807) is 39.8 Å². The lowest BCUT2D eigenvalue weighted by Crippen LogP contribution is -2.16. The minimum Gasteiger partial charge on any atom is -0.465 e. The fraction of sp³-hybridized carbons (Fsp3) is 0.455. The molecule has 0 bridgehead atoms. The highest BCUT2D eigenvalue weighted by atomic mass is 35.5. The van der Waals surface area contributed by atoms with Gasteiger partial charge in [0.2, 0.25) is 11.1 Å². The van der Waals surface area contributed by atoms with E-state index in [-0.39, 0.29) is 18.9 Å². The molecule has 1 atom stereocenters. The number of carbonyl (C=O) groups excluding carboxylic acids is 2. The van der Waals surface area contributed by atoms with E-state index in [0.717, 1.165) is 22.8 Å². The molecule has 2 aromatic rings. The Kier molecular flexibility index (Phi) is 14.3. The third kappa shape index (κ3) is 12.7. The van der Waals surface area contributed by atoms with E-state index < -0.39 is 18.0 Å². The number of ether oxygens (including phenoxy) is 2. The van der Waals surface area contributed by atoms with Gasteiger partial charge in [0.05, 0.1) is 19.3 Å². The molecule has 10 nitrogen and oxygen atoms in total. The highest BCUT2D eigenvalue weighted by Crippen LogP contribution is 2.16. The van der Waals surface area contributed by atoms with Crippen molar-refractivity contribution in [2.75, 3.05) is 13.2 Å². The van der Waals surface area contributed by atoms with Crippen molar-refractivity contribution in [1.29, 1.82) is 5.26 Å². The summed E-state index contributed by atoms with van der Waals surface area (Å²) in [5.41, 5.74) is 3.29. The Balaban J connectivity index is 0.000000511. The number of aromatic nitrogens is 4. The normalized spacial score (nSPS) is 10.1. The lowest BCUT2D eigenvalue weighted by atomic mass is 10.2. The van der Waals surface area contributed by atoms with Crippen LogP contribution in [0.1, 0.15) is 54.9 Å². The van der Waals surface area contributed by atoms with Crippen LogP contribution in [0.4, 0.5) is 0 Å². The first kappa shape index (κ1) is 29.4. The molecular formula is C22H27ClN6O4. The molecule has 0 aliphatic heterocycles. The van der Waals surface area contributed by atoms with E-state index in [0.29, 0.717) is 11.9 Å². The molecule has 0 aliphatic carbocycles. The molecule has 0 radical (unpaired) electrons. The topological polar surface area (TPSA) is 132 Å². The second-order valence-corrected chi connectivity index (χ2v) is 6.69. The van der Waals surface area contributed by atoms with Gasteiger partial charge in [0.25, 0.3) is 0 Å². The largest absolute Gasteiger partial charge is 0.465 e. The molecule has 0 fully saturated rings. The molecule has 2 rings (SSSR count). The molecule has 1 unspecified atom stereocenters. The first-order chi connectivity index (χ1) is 15.6. The fourth-order valence-electron chi connectivity index (χ4n) is 2.27. The zero-order valence-electron chi connectivity index (χ0n) is 19.5. The molecule has 11 heteroatoms. The summed E-state index contributed by atoms with van der Waals surface area (Å²) < 4.78 is 9.22. The van der Waals surface area contributed by atoms with Crippen LogP contribution < -0.4 is 0 Å². The number of hydrogen-bond donors (Lipinski definition) is 0. The monoisotopic (exact) mass is 474 g/mol. The SMILES string of the molecule is CCOC(=O)CC#N.Cc1cc(C)nc(Cl)n1.[C-]#[N+]C(C(=O)OCC)c1nc(C)cc(C)n1. The number of carbonyl (C=O) groups is 2. The van der Waals surface area contributed by atoms with Crippen LogP contribution in [0.15, 0.2) is 12.1 Å². The van der Waals surface area contributed by atoms with Gasteiger partial charge in [-0.3, -0.25) is 9.64 Å². The van der Waals surface area contributed by atoms with Crippen LogP contribution in [0.25, 0.3) is 4.85 Å². The minimum atomic E-state index is -1.06. The Morgan fingerprint density at radius 3 is 1.82 bits per heavy atom. The van der Waals surface area contributed by atoms with E-state index in [4.69, 9.17) is 28.2 Å². The van der Waals surface area contributed by atoms with Crippen molar-refractivity contribution in [3.05, 3.63) is 57.4 Å². The molecule has 0 spiro atoms. The highest BCUT2D eigenvalue weighted by Gasteiger charge is 2.30. The number of nitriles is 1. The third-order valence-electron chi connectivity index (χ3n) is 3.37. The van der Waals surface area contributed by atoms with Crippen molar-refractivity contribution >= 4 is 23.5 Å². The summed E-state index contributed by atoms with van der Waals surface area (Å²) in [7, 11) is 0. The molecule has 0 saturated carbocycles. The van der Waals surface area contributed by atoms with Gasteiger partial charge >= 0.3 is 18.0 Å². The number of esters is 2. The maximum atomic E-state index is 11.5. The number of halogens is 1. The second kappa shape index (κ2) is 16.1. The van der Waals surface area contributed by atoms with Gasteiger partial charge in [0.1, 0.15) is 6.42 Å². The summed E-state index contributed by atoms with van der Waals surface area (Å²) >= 11 is 5.53. The Hall–Kier alpha value is -3.63. The van der Waals surface area contributed by atoms with Crippen LogP contribution in [0.5, 0.6) is 0 Å². The Bertz CT molecular complexity index is 946. The van der Waals surface area contributed by atoms with Gasteiger partial charge in [-0.15, -0.1) is 0 Å². The maximum Gasteiger partial charge on any atom is 0.398 e. The minimum absolute atomic E-state index is 0.145. The van der Waals surface area contributed by atoms with Crippen molar-refractivity contribution in [3.8, 4) is 6.07 Å². The van der Waals surface area contributed by atoms with E-state index in [9.17, 15) is 9.59 Å². The summed E-state index contributed by atoms with van der Waals surface area (Å²) in [6.07, 6.45) is -0.145. The van der Waals surface area contributed by atoms with Crippen LogP contribution in [-0.2, 0) is 19.1 Å². The lowest BCUT2D eigenvalue weighted by Gasteiger charge is -2.05. The lowest BCUT2D eigenvalue weighted by molar-refractivity contribution is -0.144. The fourth-order valence-corrected chi connectivity index (χ4v) is 2.54. The predicted octanol–water partition coefficient (Wildman–Crippen LogP) is 3.83. The smallest absolute Gasteiger partial charge is 0.398 e. The van der Waals surface area contributed by atoms with E-state index in [1.807, 2.05) is 19.9 Å². The first-order valence-corrected chi connectivity index (χ1v) is 10.3. The van der Waals surface area contributed by atoms with E-state index in [2.05, 4.69) is 29.5 Å². The van der Waals surface area contributed by atoms with Crippen molar-refractivity contribution in [2.24, 2.45) is 0 Å². The predicted molar refractivity (Wildman–Crippen MR) is 121 cm³/mol. The molecule has 2 aromatic heterocycles. The number of hydrogen-bond acceptors (Lipinski definition) is 9. The molecular weight excluding hydrogens is 448 g/mol. The van der Waals surface area contributed by atoms with Crippen LogP contribution in [-0.4, -0.2) is 45.1 Å². The van der Waals surface area contributed by atoms with Gasteiger partial charge in [-0.2, -0.15) is 5.26 Å². The summed E-state index contributed by atoms with van der Waals surface area (Å²) in [5, 5.41) is 8.24. The molecule has 0 N–H and O–H groups in total. The quantitative estimate of drug-likeness (QED) is 0.360. The Labute approximate surface area is 198 Å². The van der Waals surface area contributed by atoms with E-state index in [1.165, 1.54) is 0 Å². The summed E-state index contributed by atoms with van der Waals surface area (Å²) in [5.74, 6) is -0.830. The Morgan fingerprint density at radius 2 is 1.45 bits per heavy atom. The zero-order valence-corrected chi connectivity index (χ0v) is 20.3. The molecule has 0 amide bonds. The average molecular weight is 475 g/mol. The Morgan fingerprint density at radius 1 is 1.00 bits per heavy atom. The van der Waals surface area contributed by atoms with Crippen molar-refractivity contribution in [3.63, 3.8) is 0 Å². The molecule has 0 aliphatic rings. The van der Waals surface area contributed by atoms with Crippen molar-refractivity contribution in [1.82, 2.24) is 19.9 Å². The molecule has 2 heterocycles. The maximum absolute atomic E-state index is 11.5. The van der Waals surface area contributed by atoms with Gasteiger partial charge in [-0.05, 0) is 65.3 Å². The number of nitrogens with zero attached hydrogens (tertiary/aromatic N) is 6. The number of aryl methyl sites for hydroxylation is 4. The molecule has 0 saturated heterocycles. The van der Waals surface area contributed by atoms with Crippen molar-refractivity contribution < 1.29 is 19.1 Å². The van der Waals surface area contributed by atoms with Crippen LogP contribution in [0.3, 0.4) is 0 Å². The van der Waals surface area contributed by atoms with Gasteiger partial charge in [-0.25, -0.2) is 31.3 Å². The van der Waals surface area contributed by atoms with Crippen LogP contribution >= 0.6 is 11.6 Å². The summed E-state index contributed by atoms with van der Waals surface area (Å²) in [6, 6.07) is 4.29. The summed E-state index contributed by atoms with van der Waals surface area (Å²) in [4.78, 5) is 40.8. The van der Waals surface area contributed by atoms with Gasteiger partial charge in [0.15, 0.2) is 0 Å². The van der Waals surface area contributed by atoms with Crippen LogP contribution in [0.2, 0.25) is 5.28 Å². The molecule has 0 aromatic carbocycles. The van der Waals surface area contributed by atoms with E-state index >= 15 is 0 Å². The van der Waals surface area contributed by atoms with Gasteiger partial charge < -0.3 is 9.47 Å². The third-order valence-corrected chi connectivity index (χ3v) is 3.54. The highest BCUT2D eigenvalue weighted by molar-refractivity contribution is 6.28. The average Bonchev–Trinajstić information content (AvgIpc) is 2.68. The summed E-state index contributed by atoms with van der Waals surface area (Å²) in [6.45, 7) is 18.4. The standard InChI is InChI=1S/C11H13N3O2.C6H7ClN2.C5H7NO2/c1-5-16-11(15)9(12-4)10-13-7(2)6-8(3)14-10;1-4-3-5(2)9-6(7)8-4;1-2-8-5(7)3-4-6/h6,9H,5H2,1-3H3;3H,1-2H3;2-3H2,1H3.